The van der Waals surface area contributed by atoms with E-state index >= 15 is 0 Å². The molecule has 0 bridgehead atoms. The average Bonchev–Trinajstić information content (AvgIpc) is 2.39. The second kappa shape index (κ2) is 9.34. The first-order chi connectivity index (χ1) is 8.74. The first-order valence-corrected chi connectivity index (χ1v) is 7.28. The fourth-order valence-electron chi connectivity index (χ4n) is 2.34. The standard InChI is InChI=1S/C14H28N2O2/c1-12(11-15-2)14(17)16-9-6-10-18-13-7-4-3-5-8-13/h12-13,15H,3-11H2,1-2H3,(H,16,17). The van der Waals surface area contributed by atoms with Gasteiger partial charge in [0, 0.05) is 25.6 Å². The van der Waals surface area contributed by atoms with E-state index in [1.165, 1.54) is 32.1 Å². The van der Waals surface area contributed by atoms with Gasteiger partial charge in [-0.05, 0) is 26.3 Å². The van der Waals surface area contributed by atoms with Gasteiger partial charge in [0.15, 0.2) is 0 Å². The molecule has 0 aliphatic heterocycles. The van der Waals surface area contributed by atoms with Crippen molar-refractivity contribution in [1.82, 2.24) is 10.6 Å². The minimum absolute atomic E-state index is 0.0364. The summed E-state index contributed by atoms with van der Waals surface area (Å²) in [7, 11) is 1.86. The summed E-state index contributed by atoms with van der Waals surface area (Å²) in [6.07, 6.45) is 7.79. The van der Waals surface area contributed by atoms with E-state index in [-0.39, 0.29) is 11.8 Å². The molecule has 0 aromatic carbocycles. The van der Waals surface area contributed by atoms with E-state index in [4.69, 9.17) is 4.74 Å². The molecule has 1 aliphatic rings. The van der Waals surface area contributed by atoms with E-state index in [1.54, 1.807) is 0 Å². The van der Waals surface area contributed by atoms with Gasteiger partial charge in [-0.25, -0.2) is 0 Å². The first kappa shape index (κ1) is 15.4. The van der Waals surface area contributed by atoms with Crippen LogP contribution in [0.3, 0.4) is 0 Å². The van der Waals surface area contributed by atoms with Crippen LogP contribution in [0.2, 0.25) is 0 Å². The number of carbonyl (C=O) groups excluding carboxylic acids is 1. The molecule has 0 heterocycles. The Labute approximate surface area is 111 Å². The van der Waals surface area contributed by atoms with Crippen molar-refractivity contribution in [2.75, 3.05) is 26.7 Å². The van der Waals surface area contributed by atoms with Crippen LogP contribution in [0.25, 0.3) is 0 Å². The van der Waals surface area contributed by atoms with Crippen LogP contribution in [0.15, 0.2) is 0 Å². The van der Waals surface area contributed by atoms with Crippen LogP contribution in [-0.2, 0) is 9.53 Å². The number of rotatable bonds is 8. The lowest BCUT2D eigenvalue weighted by atomic mass is 9.98. The number of amides is 1. The second-order valence-electron chi connectivity index (χ2n) is 5.23. The molecule has 1 aliphatic carbocycles. The maximum Gasteiger partial charge on any atom is 0.224 e. The molecule has 0 aromatic heterocycles. The lowest BCUT2D eigenvalue weighted by Gasteiger charge is -2.22. The summed E-state index contributed by atoms with van der Waals surface area (Å²) >= 11 is 0. The molecule has 0 aromatic rings. The van der Waals surface area contributed by atoms with Crippen molar-refractivity contribution in [3.05, 3.63) is 0 Å². The molecule has 4 nitrogen and oxygen atoms in total. The first-order valence-electron chi connectivity index (χ1n) is 7.28. The summed E-state index contributed by atoms with van der Waals surface area (Å²) in [4.78, 5) is 11.6. The highest BCUT2D eigenvalue weighted by Gasteiger charge is 2.13. The molecule has 1 rings (SSSR count). The monoisotopic (exact) mass is 256 g/mol. The summed E-state index contributed by atoms with van der Waals surface area (Å²) in [6, 6.07) is 0. The number of hydrogen-bond donors (Lipinski definition) is 2. The fraction of sp³-hybridized carbons (Fsp3) is 0.929. The summed E-state index contributed by atoms with van der Waals surface area (Å²) in [6.45, 7) is 4.15. The van der Waals surface area contributed by atoms with Gasteiger partial charge in [-0.15, -0.1) is 0 Å². The highest BCUT2D eigenvalue weighted by molar-refractivity contribution is 5.78. The lowest BCUT2D eigenvalue weighted by molar-refractivity contribution is -0.124. The maximum absolute atomic E-state index is 11.6. The number of ether oxygens (including phenoxy) is 1. The molecular formula is C14H28N2O2. The van der Waals surface area contributed by atoms with E-state index in [1.807, 2.05) is 14.0 Å². The molecule has 2 N–H and O–H groups in total. The van der Waals surface area contributed by atoms with Gasteiger partial charge in [-0.1, -0.05) is 26.2 Å². The van der Waals surface area contributed by atoms with Crippen LogP contribution in [0.5, 0.6) is 0 Å². The fourth-order valence-corrected chi connectivity index (χ4v) is 2.34. The molecule has 1 fully saturated rings. The van der Waals surface area contributed by atoms with Gasteiger partial charge in [0.2, 0.25) is 5.91 Å². The lowest BCUT2D eigenvalue weighted by Crippen LogP contribution is -2.35. The zero-order valence-electron chi connectivity index (χ0n) is 11.8. The highest BCUT2D eigenvalue weighted by Crippen LogP contribution is 2.20. The van der Waals surface area contributed by atoms with Crippen molar-refractivity contribution < 1.29 is 9.53 Å². The van der Waals surface area contributed by atoms with Crippen molar-refractivity contribution in [3.63, 3.8) is 0 Å². The third-order valence-electron chi connectivity index (χ3n) is 3.48. The van der Waals surface area contributed by atoms with E-state index in [0.717, 1.165) is 26.1 Å². The van der Waals surface area contributed by atoms with Crippen LogP contribution < -0.4 is 10.6 Å². The molecule has 0 radical (unpaired) electrons. The Bertz CT molecular complexity index is 228. The van der Waals surface area contributed by atoms with Gasteiger partial charge in [-0.2, -0.15) is 0 Å². The minimum Gasteiger partial charge on any atom is -0.378 e. The van der Waals surface area contributed by atoms with Crippen LogP contribution in [0.1, 0.15) is 45.4 Å². The van der Waals surface area contributed by atoms with Gasteiger partial charge in [0.25, 0.3) is 0 Å². The van der Waals surface area contributed by atoms with E-state index < -0.39 is 0 Å². The van der Waals surface area contributed by atoms with Gasteiger partial charge >= 0.3 is 0 Å². The summed E-state index contributed by atoms with van der Waals surface area (Å²) in [5.41, 5.74) is 0. The van der Waals surface area contributed by atoms with E-state index in [9.17, 15) is 4.79 Å². The molecule has 18 heavy (non-hydrogen) atoms. The van der Waals surface area contributed by atoms with Crippen molar-refractivity contribution in [2.45, 2.75) is 51.6 Å². The van der Waals surface area contributed by atoms with Crippen LogP contribution in [0, 0.1) is 5.92 Å². The molecule has 1 saturated carbocycles. The third kappa shape index (κ3) is 6.36. The largest absolute Gasteiger partial charge is 0.378 e. The Morgan fingerprint density at radius 3 is 2.72 bits per heavy atom. The van der Waals surface area contributed by atoms with Gasteiger partial charge < -0.3 is 15.4 Å². The van der Waals surface area contributed by atoms with Crippen molar-refractivity contribution in [1.29, 1.82) is 0 Å². The number of hydrogen-bond acceptors (Lipinski definition) is 3. The van der Waals surface area contributed by atoms with Crippen LogP contribution in [-0.4, -0.2) is 38.8 Å². The highest BCUT2D eigenvalue weighted by atomic mass is 16.5. The molecule has 0 saturated heterocycles. The number of nitrogens with one attached hydrogen (secondary N) is 2. The smallest absolute Gasteiger partial charge is 0.224 e. The van der Waals surface area contributed by atoms with Gasteiger partial charge in [0.05, 0.1) is 6.10 Å². The Kier molecular flexibility index (Phi) is 8.01. The molecule has 1 amide bonds. The van der Waals surface area contributed by atoms with Gasteiger partial charge in [-0.3, -0.25) is 4.79 Å². The quantitative estimate of drug-likeness (QED) is 0.650. The maximum atomic E-state index is 11.6. The SMILES string of the molecule is CNCC(C)C(=O)NCCCOC1CCCCC1. The summed E-state index contributed by atoms with van der Waals surface area (Å²) in [5.74, 6) is 0.163. The van der Waals surface area contributed by atoms with Crippen LogP contribution >= 0.6 is 0 Å². The molecule has 4 heteroatoms. The Balaban J connectivity index is 1.95. The van der Waals surface area contributed by atoms with Crippen molar-refractivity contribution in [3.8, 4) is 0 Å². The molecule has 1 unspecified atom stereocenters. The molecular weight excluding hydrogens is 228 g/mol. The summed E-state index contributed by atoms with van der Waals surface area (Å²) in [5, 5.41) is 5.95. The predicted octanol–water partition coefficient (Wildman–Crippen LogP) is 1.70. The third-order valence-corrected chi connectivity index (χ3v) is 3.48. The topological polar surface area (TPSA) is 50.4 Å². The molecule has 0 spiro atoms. The zero-order valence-corrected chi connectivity index (χ0v) is 11.8. The second-order valence-corrected chi connectivity index (χ2v) is 5.23. The molecule has 106 valence electrons. The van der Waals surface area contributed by atoms with E-state index in [0.29, 0.717) is 6.10 Å². The normalized spacial score (nSPS) is 18.6. The van der Waals surface area contributed by atoms with Crippen molar-refractivity contribution in [2.24, 2.45) is 5.92 Å². The van der Waals surface area contributed by atoms with Crippen LogP contribution in [0.4, 0.5) is 0 Å². The predicted molar refractivity (Wildman–Crippen MR) is 73.5 cm³/mol. The van der Waals surface area contributed by atoms with Gasteiger partial charge in [0.1, 0.15) is 0 Å². The Morgan fingerprint density at radius 2 is 2.06 bits per heavy atom. The van der Waals surface area contributed by atoms with Crippen molar-refractivity contribution >= 4 is 5.91 Å². The molecule has 1 atom stereocenters. The average molecular weight is 256 g/mol. The number of carbonyl (C=O) groups is 1. The Morgan fingerprint density at radius 1 is 1.33 bits per heavy atom. The zero-order chi connectivity index (χ0) is 13.2. The minimum atomic E-state index is 0.0364. The van der Waals surface area contributed by atoms with E-state index in [2.05, 4.69) is 10.6 Å². The summed E-state index contributed by atoms with van der Waals surface area (Å²) < 4.78 is 5.81. The Hall–Kier alpha value is -0.610.